The summed E-state index contributed by atoms with van der Waals surface area (Å²) in [5, 5.41) is 0. The minimum atomic E-state index is 0.530. The minimum Gasteiger partial charge on any atom is -0.0625 e. The molecule has 14 heavy (non-hydrogen) atoms. The zero-order valence-corrected chi connectivity index (χ0v) is 10.7. The number of unbranched alkanes of at least 4 members (excludes halogenated alkanes) is 4. The largest absolute Gasteiger partial charge is 0.0625 e. The van der Waals surface area contributed by atoms with Crippen LogP contribution in [0, 0.1) is 18.3 Å². The van der Waals surface area contributed by atoms with E-state index in [9.17, 15) is 0 Å². The molecule has 0 fully saturated rings. The van der Waals surface area contributed by atoms with Gasteiger partial charge in [-0.15, -0.1) is 0 Å². The summed E-state index contributed by atoms with van der Waals surface area (Å²) in [5.41, 5.74) is 0.530. The van der Waals surface area contributed by atoms with Crippen LogP contribution in [0.5, 0.6) is 0 Å². The predicted octanol–water partition coefficient (Wildman–Crippen LogP) is 5.23. The summed E-state index contributed by atoms with van der Waals surface area (Å²) in [4.78, 5) is 0. The summed E-state index contributed by atoms with van der Waals surface area (Å²) >= 11 is 0. The summed E-state index contributed by atoms with van der Waals surface area (Å²) in [5.74, 6) is 0.643. The van der Waals surface area contributed by atoms with Gasteiger partial charge in [0.15, 0.2) is 0 Å². The normalized spacial score (nSPS) is 12.4. The lowest BCUT2D eigenvalue weighted by Gasteiger charge is -2.17. The zero-order valence-electron chi connectivity index (χ0n) is 10.7. The van der Waals surface area contributed by atoms with Gasteiger partial charge in [0, 0.05) is 0 Å². The topological polar surface area (TPSA) is 0 Å². The molecule has 0 saturated heterocycles. The average molecular weight is 197 g/mol. The van der Waals surface area contributed by atoms with Crippen molar-refractivity contribution in [3.63, 3.8) is 0 Å². The molecule has 1 atom stereocenters. The molecule has 1 unspecified atom stereocenters. The number of hydrogen-bond donors (Lipinski definition) is 0. The summed E-state index contributed by atoms with van der Waals surface area (Å²) in [7, 11) is 0. The van der Waals surface area contributed by atoms with Crippen LogP contribution in [0.1, 0.15) is 72.6 Å². The molecule has 0 aliphatic carbocycles. The predicted molar refractivity (Wildman–Crippen MR) is 66.3 cm³/mol. The third-order valence-corrected chi connectivity index (χ3v) is 2.62. The Morgan fingerprint density at radius 1 is 0.929 bits per heavy atom. The summed E-state index contributed by atoms with van der Waals surface area (Å²) in [6, 6.07) is 0. The van der Waals surface area contributed by atoms with Crippen molar-refractivity contribution in [3.8, 4) is 0 Å². The molecule has 0 N–H and O–H groups in total. The summed E-state index contributed by atoms with van der Waals surface area (Å²) < 4.78 is 0. The minimum absolute atomic E-state index is 0.530. The molecular formula is C14H29. The van der Waals surface area contributed by atoms with Crippen molar-refractivity contribution in [2.24, 2.45) is 11.3 Å². The highest BCUT2D eigenvalue weighted by atomic mass is 14.1. The first-order chi connectivity index (χ1) is 6.42. The highest BCUT2D eigenvalue weighted by molar-refractivity contribution is 4.61. The maximum absolute atomic E-state index is 4.00. The van der Waals surface area contributed by atoms with E-state index in [0.29, 0.717) is 11.3 Å². The second-order valence-corrected chi connectivity index (χ2v) is 5.97. The highest BCUT2D eigenvalue weighted by Gasteiger charge is 2.08. The van der Waals surface area contributed by atoms with E-state index in [2.05, 4.69) is 34.6 Å². The molecule has 0 saturated carbocycles. The van der Waals surface area contributed by atoms with Crippen LogP contribution in [0.3, 0.4) is 0 Å². The molecule has 0 rings (SSSR count). The Hall–Kier alpha value is 0. The molecule has 85 valence electrons. The lowest BCUT2D eigenvalue weighted by Crippen LogP contribution is -2.03. The van der Waals surface area contributed by atoms with E-state index < -0.39 is 0 Å². The highest BCUT2D eigenvalue weighted by Crippen LogP contribution is 2.22. The molecule has 0 aromatic rings. The van der Waals surface area contributed by atoms with Crippen LogP contribution in [0.4, 0.5) is 0 Å². The van der Waals surface area contributed by atoms with E-state index in [1.54, 1.807) is 0 Å². The van der Waals surface area contributed by atoms with Gasteiger partial charge >= 0.3 is 0 Å². The molecule has 0 spiro atoms. The van der Waals surface area contributed by atoms with Crippen molar-refractivity contribution in [1.82, 2.24) is 0 Å². The van der Waals surface area contributed by atoms with Crippen molar-refractivity contribution < 1.29 is 0 Å². The quantitative estimate of drug-likeness (QED) is 0.490. The van der Waals surface area contributed by atoms with Crippen molar-refractivity contribution >= 4 is 0 Å². The van der Waals surface area contributed by atoms with Crippen molar-refractivity contribution in [2.45, 2.75) is 72.6 Å². The maximum atomic E-state index is 4.00. The second-order valence-electron chi connectivity index (χ2n) is 5.97. The van der Waals surface area contributed by atoms with Crippen LogP contribution in [-0.2, 0) is 0 Å². The van der Waals surface area contributed by atoms with Gasteiger partial charge in [-0.1, -0.05) is 73.1 Å². The van der Waals surface area contributed by atoms with Gasteiger partial charge in [0.1, 0.15) is 0 Å². The zero-order chi connectivity index (χ0) is 11.0. The van der Waals surface area contributed by atoms with Gasteiger partial charge in [-0.3, -0.25) is 0 Å². The Balaban J connectivity index is 3.07. The Bertz CT molecular complexity index is 116. The molecule has 0 amide bonds. The van der Waals surface area contributed by atoms with E-state index in [1.165, 1.54) is 44.9 Å². The Kier molecular flexibility index (Phi) is 7.31. The number of rotatable bonds is 7. The van der Waals surface area contributed by atoms with E-state index in [4.69, 9.17) is 0 Å². The molecule has 0 aliphatic rings. The smallest absolute Gasteiger partial charge is 0.0383 e. The van der Waals surface area contributed by atoms with E-state index in [-0.39, 0.29) is 0 Å². The molecule has 0 heterocycles. The SMILES string of the molecule is [CH2]C(C)CCCCCCCC(C)(C)C. The van der Waals surface area contributed by atoms with Crippen LogP contribution in [-0.4, -0.2) is 0 Å². The Morgan fingerprint density at radius 2 is 1.43 bits per heavy atom. The van der Waals surface area contributed by atoms with Gasteiger partial charge in [0.25, 0.3) is 0 Å². The molecular weight excluding hydrogens is 168 g/mol. The Labute approximate surface area is 91.5 Å². The summed E-state index contributed by atoms with van der Waals surface area (Å²) in [6.45, 7) is 13.2. The first kappa shape index (κ1) is 14.0. The molecule has 0 aromatic heterocycles. The van der Waals surface area contributed by atoms with E-state index >= 15 is 0 Å². The van der Waals surface area contributed by atoms with Gasteiger partial charge in [-0.25, -0.2) is 0 Å². The standard InChI is InChI=1S/C14H29/c1-13(2)11-9-7-6-8-10-12-14(3,4)5/h13H,1,6-12H2,2-5H3. The fourth-order valence-corrected chi connectivity index (χ4v) is 1.68. The monoisotopic (exact) mass is 197 g/mol. The van der Waals surface area contributed by atoms with Crippen LogP contribution in [0.15, 0.2) is 0 Å². The fraction of sp³-hybridized carbons (Fsp3) is 0.929. The van der Waals surface area contributed by atoms with Gasteiger partial charge < -0.3 is 0 Å². The van der Waals surface area contributed by atoms with Crippen molar-refractivity contribution in [1.29, 1.82) is 0 Å². The van der Waals surface area contributed by atoms with Crippen molar-refractivity contribution in [2.75, 3.05) is 0 Å². The van der Waals surface area contributed by atoms with Crippen LogP contribution in [0.2, 0.25) is 0 Å². The fourth-order valence-electron chi connectivity index (χ4n) is 1.68. The molecule has 0 nitrogen and oxygen atoms in total. The molecule has 1 radical (unpaired) electrons. The average Bonchev–Trinajstić information content (AvgIpc) is 2.00. The first-order valence-electron chi connectivity index (χ1n) is 6.25. The van der Waals surface area contributed by atoms with Crippen LogP contribution >= 0.6 is 0 Å². The van der Waals surface area contributed by atoms with Crippen molar-refractivity contribution in [3.05, 3.63) is 6.92 Å². The van der Waals surface area contributed by atoms with E-state index in [0.717, 1.165) is 0 Å². The third kappa shape index (κ3) is 12.0. The van der Waals surface area contributed by atoms with Gasteiger partial charge in [-0.05, 0) is 17.8 Å². The second kappa shape index (κ2) is 7.31. The molecule has 0 aromatic carbocycles. The Morgan fingerprint density at radius 3 is 1.93 bits per heavy atom. The van der Waals surface area contributed by atoms with Gasteiger partial charge in [0.2, 0.25) is 0 Å². The van der Waals surface area contributed by atoms with Gasteiger partial charge in [-0.2, -0.15) is 0 Å². The number of hydrogen-bond acceptors (Lipinski definition) is 0. The molecule has 0 heteroatoms. The lowest BCUT2D eigenvalue weighted by molar-refractivity contribution is 0.356. The van der Waals surface area contributed by atoms with E-state index in [1.807, 2.05) is 0 Å². The molecule has 0 bridgehead atoms. The summed E-state index contributed by atoms with van der Waals surface area (Å²) in [6.07, 6.45) is 9.71. The lowest BCUT2D eigenvalue weighted by atomic mass is 9.89. The third-order valence-electron chi connectivity index (χ3n) is 2.62. The van der Waals surface area contributed by atoms with Crippen LogP contribution < -0.4 is 0 Å². The van der Waals surface area contributed by atoms with Gasteiger partial charge in [0.05, 0.1) is 0 Å². The first-order valence-corrected chi connectivity index (χ1v) is 6.25. The maximum Gasteiger partial charge on any atom is -0.0383 e. The van der Waals surface area contributed by atoms with Crippen LogP contribution in [0.25, 0.3) is 0 Å². The molecule has 0 aliphatic heterocycles.